The van der Waals surface area contributed by atoms with Crippen LogP contribution in [0.4, 0.5) is 13.2 Å². The third kappa shape index (κ3) is 6.03. The molecule has 0 saturated heterocycles. The molecule has 0 saturated carbocycles. The number of benzene rings is 5. The molecule has 0 radical (unpaired) electrons. The Balaban J connectivity index is 1.41. The second kappa shape index (κ2) is 12.4. The highest BCUT2D eigenvalue weighted by atomic mass is 79.9. The van der Waals surface area contributed by atoms with E-state index >= 15 is 0 Å². The van der Waals surface area contributed by atoms with Crippen LogP contribution < -0.4 is 15.0 Å². The number of hydrogen-bond acceptors (Lipinski definition) is 5. The van der Waals surface area contributed by atoms with Crippen LogP contribution in [0.5, 0.6) is 11.5 Å². The summed E-state index contributed by atoms with van der Waals surface area (Å²) in [6.07, 6.45) is -3.24. The fraction of sp³-hybridized carbons (Fsp3) is 0.0882. The van der Waals surface area contributed by atoms with Crippen LogP contribution in [0.25, 0.3) is 33.1 Å². The second-order valence-electron chi connectivity index (χ2n) is 9.94. The van der Waals surface area contributed by atoms with E-state index in [9.17, 15) is 18.0 Å². The molecule has 45 heavy (non-hydrogen) atoms. The normalized spacial score (nSPS) is 11.9. The molecule has 0 fully saturated rings. The van der Waals surface area contributed by atoms with Crippen LogP contribution in [0.3, 0.4) is 0 Å². The summed E-state index contributed by atoms with van der Waals surface area (Å²) in [5, 5.41) is 6.96. The Hall–Kier alpha value is -4.67. The Kier molecular flexibility index (Phi) is 8.35. The van der Waals surface area contributed by atoms with Gasteiger partial charge in [-0.2, -0.15) is 22.9 Å². The van der Waals surface area contributed by atoms with Crippen molar-refractivity contribution in [2.45, 2.75) is 12.8 Å². The molecule has 0 aliphatic heterocycles. The van der Waals surface area contributed by atoms with Crippen LogP contribution in [0, 0.1) is 0 Å². The summed E-state index contributed by atoms with van der Waals surface area (Å²) in [5.74, 6) is 0.544. The average Bonchev–Trinajstić information content (AvgIpc) is 3.05. The van der Waals surface area contributed by atoms with E-state index in [4.69, 9.17) is 21.1 Å². The number of rotatable bonds is 7. The van der Waals surface area contributed by atoms with Gasteiger partial charge < -0.3 is 9.47 Å². The number of methoxy groups -OCH3 is 1. The van der Waals surface area contributed by atoms with E-state index in [0.29, 0.717) is 27.1 Å². The molecule has 6 nitrogen and oxygen atoms in total. The summed E-state index contributed by atoms with van der Waals surface area (Å²) in [5.41, 5.74) is 0.323. The summed E-state index contributed by atoms with van der Waals surface area (Å²) >= 11 is 10.2. The van der Waals surface area contributed by atoms with Crippen LogP contribution in [-0.2, 0) is 12.8 Å². The lowest BCUT2D eigenvalue weighted by Gasteiger charge is -2.16. The van der Waals surface area contributed by atoms with E-state index in [2.05, 4.69) is 26.0 Å². The summed E-state index contributed by atoms with van der Waals surface area (Å²) in [6.45, 7) is 0.218. The first-order chi connectivity index (χ1) is 21.7. The number of halogens is 5. The largest absolute Gasteiger partial charge is 0.493 e. The fourth-order valence-electron chi connectivity index (χ4n) is 4.93. The number of alkyl halides is 3. The second-order valence-corrected chi connectivity index (χ2v) is 11.1. The molecule has 1 heterocycles. The standard InChI is InChI=1S/C34H22BrClF3N3O3/c1-44-28-17-23(29(35)30(36)31(28)45-19-22-11-6-9-20-8-2-3-13-25(20)22)18-40-42-32(21-10-7-12-24(16-21)34(37,38)39)41-27-15-5-4-14-26(27)33(42)43/h2-18H,19H2,1H3. The Morgan fingerprint density at radius 2 is 1.67 bits per heavy atom. The predicted octanol–water partition coefficient (Wildman–Crippen LogP) is 9.12. The first-order valence-electron chi connectivity index (χ1n) is 13.5. The van der Waals surface area contributed by atoms with Gasteiger partial charge in [-0.05, 0) is 62.6 Å². The molecule has 0 bridgehead atoms. The Labute approximate surface area is 268 Å². The van der Waals surface area contributed by atoms with Crippen molar-refractivity contribution in [3.05, 3.63) is 134 Å². The molecule has 0 N–H and O–H groups in total. The van der Waals surface area contributed by atoms with Gasteiger partial charge in [-0.25, -0.2) is 4.98 Å². The SMILES string of the molecule is COc1cc(C=Nn2c(-c3cccc(C(F)(F)F)c3)nc3ccccc3c2=O)c(Br)c(Cl)c1OCc1cccc2ccccc12. The van der Waals surface area contributed by atoms with Crippen molar-refractivity contribution in [3.63, 3.8) is 0 Å². The molecule has 0 spiro atoms. The van der Waals surface area contributed by atoms with Crippen molar-refractivity contribution >= 4 is 55.4 Å². The first-order valence-corrected chi connectivity index (χ1v) is 14.7. The summed E-state index contributed by atoms with van der Waals surface area (Å²) < 4.78 is 53.7. The fourth-order valence-corrected chi connectivity index (χ4v) is 5.58. The van der Waals surface area contributed by atoms with Crippen molar-refractivity contribution in [1.82, 2.24) is 9.66 Å². The minimum atomic E-state index is -4.59. The van der Waals surface area contributed by atoms with Crippen molar-refractivity contribution in [2.75, 3.05) is 7.11 Å². The molecule has 0 aliphatic carbocycles. The zero-order valence-corrected chi connectivity index (χ0v) is 25.8. The number of ether oxygens (including phenoxy) is 2. The van der Waals surface area contributed by atoms with Crippen LogP contribution in [-0.4, -0.2) is 23.0 Å². The Morgan fingerprint density at radius 1 is 0.956 bits per heavy atom. The molecule has 11 heteroatoms. The lowest BCUT2D eigenvalue weighted by molar-refractivity contribution is -0.137. The minimum absolute atomic E-state index is 0.0646. The third-order valence-corrected chi connectivity index (χ3v) is 8.59. The van der Waals surface area contributed by atoms with Gasteiger partial charge in [0.2, 0.25) is 0 Å². The summed E-state index contributed by atoms with van der Waals surface area (Å²) in [7, 11) is 1.47. The number of fused-ring (bicyclic) bond motifs is 2. The van der Waals surface area contributed by atoms with E-state index in [-0.39, 0.29) is 28.4 Å². The molecule has 0 amide bonds. The van der Waals surface area contributed by atoms with E-state index in [0.717, 1.165) is 33.1 Å². The topological polar surface area (TPSA) is 65.7 Å². The lowest BCUT2D eigenvalue weighted by Crippen LogP contribution is -2.20. The first kappa shape index (κ1) is 30.4. The Morgan fingerprint density at radius 3 is 2.44 bits per heavy atom. The van der Waals surface area contributed by atoms with Crippen LogP contribution in [0.2, 0.25) is 5.02 Å². The summed E-state index contributed by atoms with van der Waals surface area (Å²) in [4.78, 5) is 18.1. The van der Waals surface area contributed by atoms with Gasteiger partial charge >= 0.3 is 6.18 Å². The molecule has 0 aliphatic rings. The van der Waals surface area contributed by atoms with E-state index in [1.807, 2.05) is 42.5 Å². The Bertz CT molecular complexity index is 2160. The highest BCUT2D eigenvalue weighted by molar-refractivity contribution is 9.10. The van der Waals surface area contributed by atoms with Crippen molar-refractivity contribution in [2.24, 2.45) is 5.10 Å². The van der Waals surface area contributed by atoms with Crippen LogP contribution in [0.15, 0.2) is 111 Å². The molecule has 6 rings (SSSR count). The highest BCUT2D eigenvalue weighted by Gasteiger charge is 2.31. The lowest BCUT2D eigenvalue weighted by atomic mass is 10.1. The third-order valence-electron chi connectivity index (χ3n) is 7.14. The zero-order chi connectivity index (χ0) is 31.7. The van der Waals surface area contributed by atoms with Gasteiger partial charge in [0.15, 0.2) is 17.3 Å². The number of hydrogen-bond donors (Lipinski definition) is 0. The quantitative estimate of drug-likeness (QED) is 0.157. The number of para-hydroxylation sites is 1. The van der Waals surface area contributed by atoms with Gasteiger partial charge in [-0.1, -0.05) is 78.3 Å². The van der Waals surface area contributed by atoms with E-state index in [1.165, 1.54) is 25.5 Å². The molecule has 226 valence electrons. The average molecular weight is 693 g/mol. The van der Waals surface area contributed by atoms with Gasteiger partial charge in [-0.3, -0.25) is 4.79 Å². The maximum atomic E-state index is 13.6. The van der Waals surface area contributed by atoms with Gasteiger partial charge in [0.25, 0.3) is 5.56 Å². The molecular formula is C34H22BrClF3N3O3. The molecular weight excluding hydrogens is 671 g/mol. The van der Waals surface area contributed by atoms with Gasteiger partial charge in [-0.15, -0.1) is 0 Å². The monoisotopic (exact) mass is 691 g/mol. The maximum Gasteiger partial charge on any atom is 0.416 e. The maximum absolute atomic E-state index is 13.6. The molecule has 0 unspecified atom stereocenters. The molecule has 5 aromatic carbocycles. The summed E-state index contributed by atoms with van der Waals surface area (Å²) in [6, 6.07) is 26.6. The van der Waals surface area contributed by atoms with Crippen LogP contribution in [0.1, 0.15) is 16.7 Å². The highest BCUT2D eigenvalue weighted by Crippen LogP contribution is 2.43. The minimum Gasteiger partial charge on any atom is -0.493 e. The van der Waals surface area contributed by atoms with Crippen LogP contribution >= 0.6 is 27.5 Å². The van der Waals surface area contributed by atoms with Crippen molar-refractivity contribution < 1.29 is 22.6 Å². The molecule has 0 atom stereocenters. The van der Waals surface area contributed by atoms with E-state index < -0.39 is 17.3 Å². The van der Waals surface area contributed by atoms with Gasteiger partial charge in [0, 0.05) is 15.6 Å². The smallest absolute Gasteiger partial charge is 0.416 e. The zero-order valence-electron chi connectivity index (χ0n) is 23.5. The molecule has 6 aromatic rings. The van der Waals surface area contributed by atoms with Crippen molar-refractivity contribution in [3.8, 4) is 22.9 Å². The number of aromatic nitrogens is 2. The van der Waals surface area contributed by atoms with E-state index in [1.54, 1.807) is 30.3 Å². The van der Waals surface area contributed by atoms with Crippen molar-refractivity contribution in [1.29, 1.82) is 0 Å². The van der Waals surface area contributed by atoms with Gasteiger partial charge in [0.1, 0.15) is 11.6 Å². The number of nitrogens with zero attached hydrogens (tertiary/aromatic N) is 3. The van der Waals surface area contributed by atoms with Gasteiger partial charge in [0.05, 0.1) is 29.8 Å². The molecule has 1 aromatic heterocycles. The predicted molar refractivity (Wildman–Crippen MR) is 173 cm³/mol.